The fraction of sp³-hybridized carbons (Fsp3) is 0.375. The van der Waals surface area contributed by atoms with Crippen LogP contribution >= 0.6 is 15.9 Å². The topological polar surface area (TPSA) is 69.2 Å². The lowest BCUT2D eigenvalue weighted by molar-refractivity contribution is 0.0998. The second-order valence-electron chi connectivity index (χ2n) is 9.06. The third-order valence-electron chi connectivity index (χ3n) is 6.77. The fourth-order valence-electron chi connectivity index (χ4n) is 5.48. The first-order valence-corrected chi connectivity index (χ1v) is 11.8. The van der Waals surface area contributed by atoms with Gasteiger partial charge >= 0.3 is 0 Å². The first kappa shape index (κ1) is 19.9. The van der Waals surface area contributed by atoms with Gasteiger partial charge in [0.05, 0.1) is 11.1 Å². The molecule has 7 nitrogen and oxygen atoms in total. The van der Waals surface area contributed by atoms with Crippen LogP contribution in [0, 0.1) is 5.92 Å². The molecule has 0 saturated carbocycles. The van der Waals surface area contributed by atoms with Crippen molar-refractivity contribution in [2.24, 2.45) is 5.92 Å². The summed E-state index contributed by atoms with van der Waals surface area (Å²) in [6.07, 6.45) is 7.85. The molecule has 1 aromatic carbocycles. The van der Waals surface area contributed by atoms with E-state index in [1.165, 1.54) is 22.9 Å². The largest absolute Gasteiger partial charge is 0.406 e. The smallest absolute Gasteiger partial charge is 0.259 e. The average molecular weight is 494 g/mol. The fourth-order valence-corrected chi connectivity index (χ4v) is 5.84. The summed E-state index contributed by atoms with van der Waals surface area (Å²) in [6.45, 7) is 3.75. The van der Waals surface area contributed by atoms with Gasteiger partial charge in [-0.3, -0.25) is 4.98 Å². The zero-order valence-electron chi connectivity index (χ0n) is 18.0. The summed E-state index contributed by atoms with van der Waals surface area (Å²) < 4.78 is 8.15. The summed E-state index contributed by atoms with van der Waals surface area (Å²) in [5.74, 6) is 2.21. The van der Waals surface area contributed by atoms with Gasteiger partial charge in [0.25, 0.3) is 5.89 Å². The highest BCUT2D eigenvalue weighted by Crippen LogP contribution is 2.44. The van der Waals surface area contributed by atoms with Gasteiger partial charge in [-0.1, -0.05) is 24.2 Å². The summed E-state index contributed by atoms with van der Waals surface area (Å²) in [7, 11) is 2.26. The zero-order chi connectivity index (χ0) is 21.8. The lowest BCUT2D eigenvalue weighted by atomic mass is 9.73. The molecule has 0 N–H and O–H groups in total. The SMILES string of the molecule is C[C@@H]1C[C@@H]2c3cccc4c3c(cn4OCc3noc(-c4cncc(Br)c4)n3)C[C@H]2N(C)C1. The molecule has 2 aliphatic rings. The number of piperidine rings is 1. The van der Waals surface area contributed by atoms with Gasteiger partial charge in [0.1, 0.15) is 0 Å². The third-order valence-corrected chi connectivity index (χ3v) is 7.21. The predicted molar refractivity (Wildman–Crippen MR) is 124 cm³/mol. The Morgan fingerprint density at radius 2 is 2.19 bits per heavy atom. The van der Waals surface area contributed by atoms with Crippen LogP contribution < -0.4 is 4.84 Å². The maximum atomic E-state index is 6.14. The van der Waals surface area contributed by atoms with E-state index in [-0.39, 0.29) is 6.61 Å². The molecule has 0 unspecified atom stereocenters. The van der Waals surface area contributed by atoms with Crippen LogP contribution in [-0.2, 0) is 13.0 Å². The molecule has 1 saturated heterocycles. The van der Waals surface area contributed by atoms with E-state index in [1.54, 1.807) is 12.4 Å². The molecule has 0 spiro atoms. The van der Waals surface area contributed by atoms with Crippen molar-refractivity contribution in [1.29, 1.82) is 0 Å². The Balaban J connectivity index is 1.28. The molecular weight excluding hydrogens is 470 g/mol. The molecule has 1 fully saturated rings. The molecular formula is C24H24BrN5O2. The summed E-state index contributed by atoms with van der Waals surface area (Å²) in [4.78, 5) is 17.3. The highest BCUT2D eigenvalue weighted by molar-refractivity contribution is 9.10. The molecule has 4 aromatic rings. The molecule has 4 heterocycles. The minimum Gasteiger partial charge on any atom is -0.406 e. The van der Waals surface area contributed by atoms with Crippen molar-refractivity contribution in [2.45, 2.75) is 38.3 Å². The number of halogens is 1. The van der Waals surface area contributed by atoms with Crippen LogP contribution in [0.3, 0.4) is 0 Å². The second-order valence-corrected chi connectivity index (χ2v) is 9.98. The van der Waals surface area contributed by atoms with Gasteiger partial charge in [-0.2, -0.15) is 9.71 Å². The lowest BCUT2D eigenvalue weighted by Gasteiger charge is -2.44. The number of nitrogens with zero attached hydrogens (tertiary/aromatic N) is 5. The Bertz CT molecular complexity index is 1300. The monoisotopic (exact) mass is 493 g/mol. The van der Waals surface area contributed by atoms with Gasteiger partial charge in [-0.05, 0) is 65.0 Å². The Labute approximate surface area is 194 Å². The predicted octanol–water partition coefficient (Wildman–Crippen LogP) is 4.46. The number of pyridine rings is 1. The molecule has 1 aliphatic carbocycles. The Morgan fingerprint density at radius 1 is 1.28 bits per heavy atom. The number of fused-ring (bicyclic) bond motifs is 2. The van der Waals surface area contributed by atoms with Gasteiger partial charge in [0.2, 0.25) is 5.82 Å². The number of benzene rings is 1. The minimum absolute atomic E-state index is 0.224. The molecule has 0 amide bonds. The second kappa shape index (κ2) is 7.71. The van der Waals surface area contributed by atoms with Gasteiger partial charge < -0.3 is 14.3 Å². The van der Waals surface area contributed by atoms with Crippen LogP contribution in [0.5, 0.6) is 0 Å². The molecule has 3 atom stereocenters. The first-order chi connectivity index (χ1) is 15.6. The van der Waals surface area contributed by atoms with Crippen LogP contribution in [0.15, 0.2) is 51.9 Å². The number of likely N-dealkylation sites (tertiary alicyclic amines) is 1. The number of hydrogen-bond acceptors (Lipinski definition) is 6. The van der Waals surface area contributed by atoms with Crippen molar-refractivity contribution >= 4 is 26.8 Å². The van der Waals surface area contributed by atoms with Crippen LogP contribution in [-0.4, -0.2) is 44.4 Å². The zero-order valence-corrected chi connectivity index (χ0v) is 19.6. The summed E-state index contributed by atoms with van der Waals surface area (Å²) in [5.41, 5.74) is 4.69. The molecule has 0 bridgehead atoms. The van der Waals surface area contributed by atoms with Crippen molar-refractivity contribution in [3.8, 4) is 11.5 Å². The van der Waals surface area contributed by atoms with E-state index in [4.69, 9.17) is 9.36 Å². The molecule has 6 rings (SSSR count). The molecule has 3 aromatic heterocycles. The number of hydrogen-bond donors (Lipinski definition) is 0. The molecule has 1 aliphatic heterocycles. The normalized spacial score (nSPS) is 22.8. The van der Waals surface area contributed by atoms with E-state index in [2.05, 4.69) is 74.3 Å². The molecule has 0 radical (unpaired) electrons. The lowest BCUT2D eigenvalue weighted by Crippen LogP contribution is -2.47. The number of likely N-dealkylation sites (N-methyl/N-ethyl adjacent to an activating group) is 1. The van der Waals surface area contributed by atoms with Crippen LogP contribution in [0.2, 0.25) is 0 Å². The molecule has 164 valence electrons. The number of rotatable bonds is 4. The van der Waals surface area contributed by atoms with E-state index in [0.29, 0.717) is 29.6 Å². The summed E-state index contributed by atoms with van der Waals surface area (Å²) >= 11 is 3.42. The number of aromatic nitrogens is 4. The van der Waals surface area contributed by atoms with E-state index in [0.717, 1.165) is 28.5 Å². The highest BCUT2D eigenvalue weighted by Gasteiger charge is 2.38. The maximum absolute atomic E-state index is 6.14. The summed E-state index contributed by atoms with van der Waals surface area (Å²) in [5, 5.41) is 5.43. The minimum atomic E-state index is 0.224. The van der Waals surface area contributed by atoms with E-state index < -0.39 is 0 Å². The average Bonchev–Trinajstić information content (AvgIpc) is 3.39. The van der Waals surface area contributed by atoms with Crippen LogP contribution in [0.25, 0.3) is 22.4 Å². The van der Waals surface area contributed by atoms with Gasteiger partial charge in [-0.15, -0.1) is 0 Å². The van der Waals surface area contributed by atoms with Gasteiger partial charge in [-0.25, -0.2) is 0 Å². The maximum Gasteiger partial charge on any atom is 0.259 e. The van der Waals surface area contributed by atoms with Gasteiger partial charge in [0.15, 0.2) is 6.61 Å². The third kappa shape index (κ3) is 3.33. The Hall–Kier alpha value is -2.71. The van der Waals surface area contributed by atoms with Crippen LogP contribution in [0.4, 0.5) is 0 Å². The molecule has 32 heavy (non-hydrogen) atoms. The van der Waals surface area contributed by atoms with Crippen molar-refractivity contribution in [3.63, 3.8) is 0 Å². The van der Waals surface area contributed by atoms with Crippen molar-refractivity contribution in [2.75, 3.05) is 13.6 Å². The molecule has 8 heteroatoms. The Morgan fingerprint density at radius 3 is 3.06 bits per heavy atom. The van der Waals surface area contributed by atoms with E-state index >= 15 is 0 Å². The Kier molecular flexibility index (Phi) is 4.80. The van der Waals surface area contributed by atoms with Crippen LogP contribution in [0.1, 0.15) is 36.2 Å². The van der Waals surface area contributed by atoms with Crippen molar-refractivity contribution < 1.29 is 9.36 Å². The van der Waals surface area contributed by atoms with E-state index in [1.807, 2.05) is 10.8 Å². The quantitative estimate of drug-likeness (QED) is 0.418. The van der Waals surface area contributed by atoms with Gasteiger partial charge in [0, 0.05) is 47.0 Å². The van der Waals surface area contributed by atoms with E-state index in [9.17, 15) is 0 Å². The summed E-state index contributed by atoms with van der Waals surface area (Å²) in [6, 6.07) is 9.03. The van der Waals surface area contributed by atoms with Crippen molar-refractivity contribution in [1.82, 2.24) is 24.8 Å². The highest BCUT2D eigenvalue weighted by atomic mass is 79.9. The first-order valence-electron chi connectivity index (χ1n) is 11.0. The standard InChI is InChI=1S/C24H24BrN5O2/c1-14-6-19-18-4-3-5-20-23(18)16(8-21(19)29(2)11-14)12-30(20)31-13-22-27-24(32-28-22)15-7-17(25)10-26-9-15/h3-5,7,9-10,12,14,19,21H,6,8,11,13H2,1-2H3/t14-,19-,21-/m1/s1. The van der Waals surface area contributed by atoms with Crippen molar-refractivity contribution in [3.05, 3.63) is 64.3 Å².